The summed E-state index contributed by atoms with van der Waals surface area (Å²) in [5.74, 6) is 0. The van der Waals surface area contributed by atoms with Crippen LogP contribution in [0.2, 0.25) is 0 Å². The van der Waals surface area contributed by atoms with Crippen LogP contribution in [0.4, 0.5) is 0 Å². The van der Waals surface area contributed by atoms with Gasteiger partial charge in [-0.1, -0.05) is 29.5 Å². The molecule has 0 aliphatic heterocycles. The Bertz CT molecular complexity index is 10.8. The molecule has 0 saturated heterocycles. The van der Waals surface area contributed by atoms with Crippen molar-refractivity contribution < 1.29 is 0 Å². The van der Waals surface area contributed by atoms with Gasteiger partial charge in [0.05, 0.1) is 7.74 Å². The first kappa shape index (κ1) is 10.6. The zero-order valence-corrected chi connectivity index (χ0v) is 10.5. The number of halogens is 2. The van der Waals surface area contributed by atoms with Crippen molar-refractivity contribution in [3.05, 3.63) is 0 Å². The van der Waals surface area contributed by atoms with E-state index in [1.54, 1.807) is 0 Å². The van der Waals surface area contributed by atoms with Gasteiger partial charge in [-0.05, 0) is 10.8 Å². The fourth-order valence-corrected chi connectivity index (χ4v) is 0. The highest BCUT2D eigenvalue weighted by Crippen LogP contribution is 1.81. The minimum Gasteiger partial charge on any atom is -0.133 e. The number of alkyl halides is 1. The molecule has 0 amide bonds. The summed E-state index contributed by atoms with van der Waals surface area (Å²) in [6, 6.07) is 0. The van der Waals surface area contributed by atoms with Gasteiger partial charge in [0.1, 0.15) is 0 Å². The van der Waals surface area contributed by atoms with E-state index in [4.69, 9.17) is 0 Å². The minimum absolute atomic E-state index is 1.28. The fraction of sp³-hybridized carbons (Fsp3) is 1.00. The largest absolute Gasteiger partial charge is 0.133 e. The standard InChI is InChI=1S/C3H7I.H3ISi/c1-2-3-4;1-2/h2-3H2,1H3;2H3. The zero-order chi connectivity index (χ0) is 5.41. The van der Waals surface area contributed by atoms with Gasteiger partial charge < -0.3 is 0 Å². The second kappa shape index (κ2) is 15.9. The van der Waals surface area contributed by atoms with Gasteiger partial charge in [-0.2, -0.15) is 0 Å². The Labute approximate surface area is 69.2 Å². The molecule has 0 aromatic carbocycles. The van der Waals surface area contributed by atoms with Gasteiger partial charge in [-0.25, -0.2) is 0 Å². The van der Waals surface area contributed by atoms with E-state index in [-0.39, 0.29) is 0 Å². The number of hydrogen-bond donors (Lipinski definition) is 0. The Morgan fingerprint density at radius 3 is 1.67 bits per heavy atom. The van der Waals surface area contributed by atoms with Crippen molar-refractivity contribution >= 4 is 52.1 Å². The van der Waals surface area contributed by atoms with Crippen molar-refractivity contribution in [3.8, 4) is 0 Å². The lowest BCUT2D eigenvalue weighted by Gasteiger charge is -1.66. The summed E-state index contributed by atoms with van der Waals surface area (Å²) >= 11 is 4.64. The monoisotopic (exact) mass is 328 g/mol. The molecule has 0 N–H and O–H groups in total. The average molecular weight is 328 g/mol. The highest BCUT2D eigenvalue weighted by Gasteiger charge is 1.58. The number of hydrogen-bond acceptors (Lipinski definition) is 0. The normalized spacial score (nSPS) is 6.50. The molecule has 40 valence electrons. The molecule has 0 atom stereocenters. The molecule has 6 heavy (non-hydrogen) atoms. The van der Waals surface area contributed by atoms with Gasteiger partial charge in [0.25, 0.3) is 0 Å². The molecule has 0 aromatic rings. The molecule has 0 unspecified atom stereocenters. The molecular formula is C3H10I2Si. The van der Waals surface area contributed by atoms with Crippen molar-refractivity contribution in [1.82, 2.24) is 0 Å². The van der Waals surface area contributed by atoms with E-state index in [1.807, 2.05) is 0 Å². The van der Waals surface area contributed by atoms with Crippen molar-refractivity contribution in [2.75, 3.05) is 4.43 Å². The molecule has 0 heterocycles. The zero-order valence-electron chi connectivity index (χ0n) is 4.17. The topological polar surface area (TPSA) is 0 Å². The molecule has 0 rings (SSSR count). The number of rotatable bonds is 1. The molecule has 0 nitrogen and oxygen atoms in total. The van der Waals surface area contributed by atoms with E-state index < -0.39 is 0 Å². The van der Waals surface area contributed by atoms with E-state index in [0.717, 1.165) is 0 Å². The molecule has 0 bridgehead atoms. The van der Waals surface area contributed by atoms with E-state index >= 15 is 0 Å². The van der Waals surface area contributed by atoms with Gasteiger partial charge in [-0.3, -0.25) is 0 Å². The second-order valence-electron chi connectivity index (χ2n) is 0.689. The SMILES string of the molecule is CCCI.[SiH3]I. The predicted molar refractivity (Wildman–Crippen MR) is 53.1 cm³/mol. The van der Waals surface area contributed by atoms with Gasteiger partial charge in [-0.15, -0.1) is 21.8 Å². The Kier molecular flexibility index (Phi) is 28.2. The lowest BCUT2D eigenvalue weighted by molar-refractivity contribution is 1.13. The average Bonchev–Trinajstić information content (AvgIpc) is 1.72. The molecular weight excluding hydrogens is 318 g/mol. The lowest BCUT2D eigenvalue weighted by atomic mass is 10.6. The van der Waals surface area contributed by atoms with Gasteiger partial charge in [0.2, 0.25) is 0 Å². The van der Waals surface area contributed by atoms with Crippen LogP contribution in [-0.4, -0.2) is 12.2 Å². The maximum Gasteiger partial charge on any atom is 0.0778 e. The third-order valence-corrected chi connectivity index (χ3v) is 1.27. The van der Waals surface area contributed by atoms with E-state index in [1.165, 1.54) is 18.6 Å². The van der Waals surface area contributed by atoms with Crippen LogP contribution in [0.5, 0.6) is 0 Å². The quantitative estimate of drug-likeness (QED) is 0.296. The smallest absolute Gasteiger partial charge is 0.0778 e. The van der Waals surface area contributed by atoms with E-state index in [2.05, 4.69) is 51.3 Å². The van der Waals surface area contributed by atoms with E-state index in [0.29, 0.717) is 0 Å². The van der Waals surface area contributed by atoms with Crippen molar-refractivity contribution in [2.45, 2.75) is 13.3 Å². The van der Waals surface area contributed by atoms with Gasteiger partial charge in [0.15, 0.2) is 0 Å². The first-order chi connectivity index (χ1) is 2.91. The fourth-order valence-electron chi connectivity index (χ4n) is 0. The Balaban J connectivity index is 0. The second-order valence-corrected chi connectivity index (χ2v) is 1.77. The van der Waals surface area contributed by atoms with Crippen LogP contribution < -0.4 is 0 Å². The van der Waals surface area contributed by atoms with Crippen LogP contribution >= 0.6 is 44.4 Å². The van der Waals surface area contributed by atoms with Gasteiger partial charge >= 0.3 is 0 Å². The third-order valence-electron chi connectivity index (χ3n) is 0.189. The van der Waals surface area contributed by atoms with Crippen molar-refractivity contribution in [3.63, 3.8) is 0 Å². The first-order valence-electron chi connectivity index (χ1n) is 1.85. The van der Waals surface area contributed by atoms with Crippen LogP contribution in [0.25, 0.3) is 0 Å². The summed E-state index contributed by atoms with van der Waals surface area (Å²) in [4.78, 5) is 0. The molecule has 0 aliphatic rings. The van der Waals surface area contributed by atoms with Crippen molar-refractivity contribution in [1.29, 1.82) is 0 Å². The van der Waals surface area contributed by atoms with Crippen LogP contribution in [0.3, 0.4) is 0 Å². The highest BCUT2D eigenvalue weighted by atomic mass is 127. The summed E-state index contributed by atoms with van der Waals surface area (Å²) in [5.41, 5.74) is 0. The first-order valence-corrected chi connectivity index (χ1v) is 10.6. The summed E-state index contributed by atoms with van der Waals surface area (Å²) in [5, 5.41) is 0. The Morgan fingerprint density at radius 2 is 1.67 bits per heavy atom. The summed E-state index contributed by atoms with van der Waals surface area (Å²) in [7, 11) is 1.28. The molecule has 3 heteroatoms. The van der Waals surface area contributed by atoms with Gasteiger partial charge in [0, 0.05) is 0 Å². The Hall–Kier alpha value is 1.68. The predicted octanol–water partition coefficient (Wildman–Crippen LogP) is 1.53. The molecule has 0 fully saturated rings. The molecule has 0 radical (unpaired) electrons. The van der Waals surface area contributed by atoms with Crippen LogP contribution in [0, 0.1) is 0 Å². The summed E-state index contributed by atoms with van der Waals surface area (Å²) in [6.45, 7) is 2.17. The summed E-state index contributed by atoms with van der Waals surface area (Å²) < 4.78 is 1.29. The lowest BCUT2D eigenvalue weighted by Crippen LogP contribution is -1.54. The van der Waals surface area contributed by atoms with Crippen LogP contribution in [-0.2, 0) is 0 Å². The van der Waals surface area contributed by atoms with Crippen LogP contribution in [0.15, 0.2) is 0 Å². The maximum absolute atomic E-state index is 2.35. The van der Waals surface area contributed by atoms with Crippen molar-refractivity contribution in [2.24, 2.45) is 0 Å². The van der Waals surface area contributed by atoms with Crippen LogP contribution in [0.1, 0.15) is 13.3 Å². The Morgan fingerprint density at radius 1 is 1.50 bits per heavy atom. The molecule has 0 spiro atoms. The molecule has 0 saturated carbocycles. The minimum atomic E-state index is 1.28. The third kappa shape index (κ3) is 17.3. The highest BCUT2D eigenvalue weighted by molar-refractivity contribution is 14.1. The molecule has 0 aliphatic carbocycles. The molecule has 0 aromatic heterocycles. The van der Waals surface area contributed by atoms with E-state index in [9.17, 15) is 0 Å². The maximum atomic E-state index is 2.35. The summed E-state index contributed by atoms with van der Waals surface area (Å²) in [6.07, 6.45) is 1.31.